The van der Waals surface area contributed by atoms with E-state index in [0.29, 0.717) is 5.92 Å². The van der Waals surface area contributed by atoms with Crippen molar-refractivity contribution in [3.8, 4) is 0 Å². The van der Waals surface area contributed by atoms with Crippen LogP contribution >= 0.6 is 0 Å². The van der Waals surface area contributed by atoms with Crippen molar-refractivity contribution in [3.05, 3.63) is 0 Å². The normalized spacial score (nSPS) is 22.2. The molecule has 5 nitrogen and oxygen atoms in total. The molecule has 1 rings (SSSR count). The molecule has 2 N–H and O–H groups in total. The van der Waals surface area contributed by atoms with E-state index in [4.69, 9.17) is 9.47 Å². The molecule has 1 amide bonds. The van der Waals surface area contributed by atoms with Crippen LogP contribution in [0.3, 0.4) is 0 Å². The first-order chi connectivity index (χ1) is 7.90. The van der Waals surface area contributed by atoms with E-state index >= 15 is 0 Å². The molecular formula is C12H24N2O3. The van der Waals surface area contributed by atoms with Gasteiger partial charge >= 0.3 is 6.09 Å². The van der Waals surface area contributed by atoms with Gasteiger partial charge in [-0.2, -0.15) is 0 Å². The number of carbonyl (C=O) groups excluding carboxylic acids is 1. The Hall–Kier alpha value is -0.810. The van der Waals surface area contributed by atoms with Crippen LogP contribution in [-0.4, -0.2) is 38.1 Å². The number of hydrogen-bond acceptors (Lipinski definition) is 4. The highest BCUT2D eigenvalue weighted by Crippen LogP contribution is 2.15. The van der Waals surface area contributed by atoms with Crippen LogP contribution < -0.4 is 10.6 Å². The van der Waals surface area contributed by atoms with Gasteiger partial charge in [-0.05, 0) is 52.6 Å². The molecule has 0 radical (unpaired) electrons. The van der Waals surface area contributed by atoms with Gasteiger partial charge in [-0.3, -0.25) is 5.32 Å². The number of nitrogens with one attached hydrogen (secondary N) is 2. The molecular weight excluding hydrogens is 220 g/mol. The predicted molar refractivity (Wildman–Crippen MR) is 65.8 cm³/mol. The van der Waals surface area contributed by atoms with Crippen LogP contribution in [0.5, 0.6) is 0 Å². The maximum absolute atomic E-state index is 11.6. The number of rotatable bonds is 4. The summed E-state index contributed by atoms with van der Waals surface area (Å²) in [4.78, 5) is 11.6. The van der Waals surface area contributed by atoms with Gasteiger partial charge < -0.3 is 14.8 Å². The van der Waals surface area contributed by atoms with Gasteiger partial charge in [0.15, 0.2) is 0 Å². The molecule has 5 heteroatoms. The van der Waals surface area contributed by atoms with Crippen LogP contribution in [0, 0.1) is 5.92 Å². The number of alkyl carbamates (subject to hydrolysis) is 1. The van der Waals surface area contributed by atoms with Crippen LogP contribution in [-0.2, 0) is 9.47 Å². The monoisotopic (exact) mass is 244 g/mol. The Kier molecular flexibility index (Phi) is 5.21. The molecule has 1 unspecified atom stereocenters. The van der Waals surface area contributed by atoms with E-state index in [1.807, 2.05) is 20.8 Å². The molecule has 0 aromatic heterocycles. The zero-order valence-electron chi connectivity index (χ0n) is 11.2. The standard InChI is InChI=1S/C12H24N2O3/c1-12(2,3)17-11(15)14-10(16-4)7-9-5-6-13-8-9/h9-10,13H,5-8H2,1-4H3,(H,14,15)/t9-,10?/m0/s1. The molecule has 17 heavy (non-hydrogen) atoms. The maximum atomic E-state index is 11.6. The zero-order chi connectivity index (χ0) is 12.9. The SMILES string of the molecule is COC(C[C@@H]1CCNC1)NC(=O)OC(C)(C)C. The Balaban J connectivity index is 2.32. The van der Waals surface area contributed by atoms with E-state index in [-0.39, 0.29) is 6.23 Å². The summed E-state index contributed by atoms with van der Waals surface area (Å²) in [6.45, 7) is 7.57. The average Bonchev–Trinajstić information content (AvgIpc) is 2.66. The van der Waals surface area contributed by atoms with E-state index in [1.54, 1.807) is 7.11 Å². The molecule has 1 heterocycles. The largest absolute Gasteiger partial charge is 0.444 e. The Morgan fingerprint density at radius 3 is 2.71 bits per heavy atom. The first-order valence-corrected chi connectivity index (χ1v) is 6.14. The molecule has 0 aromatic rings. The van der Waals surface area contributed by atoms with Gasteiger partial charge in [-0.15, -0.1) is 0 Å². The summed E-state index contributed by atoms with van der Waals surface area (Å²) in [6.07, 6.45) is 1.27. The van der Waals surface area contributed by atoms with Crippen molar-refractivity contribution >= 4 is 6.09 Å². The molecule has 1 saturated heterocycles. The highest BCUT2D eigenvalue weighted by atomic mass is 16.6. The van der Waals surface area contributed by atoms with Gasteiger partial charge in [0.25, 0.3) is 0 Å². The number of ether oxygens (including phenoxy) is 2. The number of hydrogen-bond donors (Lipinski definition) is 2. The van der Waals surface area contributed by atoms with E-state index in [9.17, 15) is 4.79 Å². The number of methoxy groups -OCH3 is 1. The maximum Gasteiger partial charge on any atom is 0.409 e. The molecule has 0 aromatic carbocycles. The Morgan fingerprint density at radius 1 is 1.53 bits per heavy atom. The molecule has 0 aliphatic carbocycles. The summed E-state index contributed by atoms with van der Waals surface area (Å²) in [5, 5.41) is 6.03. The predicted octanol–water partition coefficient (Wildman–Crippen LogP) is 1.48. The van der Waals surface area contributed by atoms with Gasteiger partial charge in [0.1, 0.15) is 11.8 Å². The first kappa shape index (κ1) is 14.3. The van der Waals surface area contributed by atoms with Crippen molar-refractivity contribution in [2.75, 3.05) is 20.2 Å². The summed E-state index contributed by atoms with van der Waals surface area (Å²) in [5.41, 5.74) is -0.475. The van der Waals surface area contributed by atoms with Gasteiger partial charge in [-0.1, -0.05) is 0 Å². The Bertz CT molecular complexity index is 245. The van der Waals surface area contributed by atoms with Crippen LogP contribution in [0.15, 0.2) is 0 Å². The lowest BCUT2D eigenvalue weighted by Crippen LogP contribution is -2.41. The van der Waals surface area contributed by atoms with Crippen LogP contribution in [0.25, 0.3) is 0 Å². The molecule has 0 spiro atoms. The molecule has 0 saturated carbocycles. The van der Waals surface area contributed by atoms with Crippen molar-refractivity contribution in [3.63, 3.8) is 0 Å². The number of amides is 1. The molecule has 2 atom stereocenters. The van der Waals surface area contributed by atoms with Gasteiger partial charge in [0.2, 0.25) is 0 Å². The molecule has 1 fully saturated rings. The third-order valence-electron chi connectivity index (χ3n) is 2.67. The van der Waals surface area contributed by atoms with Crippen molar-refractivity contribution in [2.45, 2.75) is 45.4 Å². The third kappa shape index (κ3) is 5.89. The van der Waals surface area contributed by atoms with Crippen LogP contribution in [0.4, 0.5) is 4.79 Å². The first-order valence-electron chi connectivity index (χ1n) is 6.14. The lowest BCUT2D eigenvalue weighted by atomic mass is 10.0. The summed E-state index contributed by atoms with van der Waals surface area (Å²) in [6, 6.07) is 0. The minimum Gasteiger partial charge on any atom is -0.444 e. The van der Waals surface area contributed by atoms with E-state index in [2.05, 4.69) is 10.6 Å². The minimum absolute atomic E-state index is 0.269. The third-order valence-corrected chi connectivity index (χ3v) is 2.67. The van der Waals surface area contributed by atoms with E-state index in [1.165, 1.54) is 0 Å². The summed E-state index contributed by atoms with van der Waals surface area (Å²) < 4.78 is 10.4. The van der Waals surface area contributed by atoms with Gasteiger partial charge in [-0.25, -0.2) is 4.79 Å². The lowest BCUT2D eigenvalue weighted by molar-refractivity contribution is 0.0170. The van der Waals surface area contributed by atoms with Crippen molar-refractivity contribution in [2.24, 2.45) is 5.92 Å². The summed E-state index contributed by atoms with van der Waals surface area (Å²) in [7, 11) is 1.60. The van der Waals surface area contributed by atoms with Crippen LogP contribution in [0.2, 0.25) is 0 Å². The number of carbonyl (C=O) groups is 1. The Morgan fingerprint density at radius 2 is 2.24 bits per heavy atom. The minimum atomic E-state index is -0.475. The molecule has 1 aliphatic heterocycles. The Labute approximate surface area is 103 Å². The average molecular weight is 244 g/mol. The quantitative estimate of drug-likeness (QED) is 0.735. The second kappa shape index (κ2) is 6.21. The van der Waals surface area contributed by atoms with Crippen molar-refractivity contribution < 1.29 is 14.3 Å². The van der Waals surface area contributed by atoms with Gasteiger partial charge in [0, 0.05) is 7.11 Å². The fourth-order valence-electron chi connectivity index (χ4n) is 1.87. The fourth-order valence-corrected chi connectivity index (χ4v) is 1.87. The topological polar surface area (TPSA) is 59.6 Å². The van der Waals surface area contributed by atoms with Crippen molar-refractivity contribution in [1.82, 2.24) is 10.6 Å². The lowest BCUT2D eigenvalue weighted by Gasteiger charge is -2.24. The van der Waals surface area contributed by atoms with Crippen LogP contribution in [0.1, 0.15) is 33.6 Å². The van der Waals surface area contributed by atoms with Gasteiger partial charge in [0.05, 0.1) is 0 Å². The molecule has 1 aliphatic rings. The highest BCUT2D eigenvalue weighted by Gasteiger charge is 2.23. The second-order valence-corrected chi connectivity index (χ2v) is 5.47. The molecule has 0 bridgehead atoms. The van der Waals surface area contributed by atoms with E-state index < -0.39 is 11.7 Å². The van der Waals surface area contributed by atoms with Crippen molar-refractivity contribution in [1.29, 1.82) is 0 Å². The molecule has 100 valence electrons. The summed E-state index contributed by atoms with van der Waals surface area (Å²) >= 11 is 0. The fraction of sp³-hybridized carbons (Fsp3) is 0.917. The highest BCUT2D eigenvalue weighted by molar-refractivity contribution is 5.67. The van der Waals surface area contributed by atoms with E-state index in [0.717, 1.165) is 25.9 Å². The smallest absolute Gasteiger partial charge is 0.409 e. The summed E-state index contributed by atoms with van der Waals surface area (Å²) in [5.74, 6) is 0.565. The zero-order valence-corrected chi connectivity index (χ0v) is 11.2. The second-order valence-electron chi connectivity index (χ2n) is 5.47.